The molecular weight excluding hydrogens is 299 g/mol. The zero-order valence-corrected chi connectivity index (χ0v) is 12.0. The molecule has 3 aromatic rings. The van der Waals surface area contributed by atoms with Gasteiger partial charge in [0.2, 0.25) is 0 Å². The molecule has 6 nitrogen and oxygen atoms in total. The maximum Gasteiger partial charge on any atom is 0.431 e. The molecule has 2 N–H and O–H groups in total. The number of halogens is 1. The van der Waals surface area contributed by atoms with E-state index >= 15 is 0 Å². The van der Waals surface area contributed by atoms with Gasteiger partial charge >= 0.3 is 6.09 Å². The fraction of sp³-hybridized carbons (Fsp3) is 0.125. The number of hydrazine groups is 1. The van der Waals surface area contributed by atoms with Gasteiger partial charge in [-0.1, -0.05) is 24.3 Å². The molecule has 4 rings (SSSR count). The van der Waals surface area contributed by atoms with Gasteiger partial charge in [-0.3, -0.25) is 5.10 Å². The van der Waals surface area contributed by atoms with E-state index in [0.717, 1.165) is 11.1 Å². The lowest BCUT2D eigenvalue weighted by atomic mass is 10.1. The number of hydrogen-bond donors (Lipinski definition) is 2. The third-order valence-electron chi connectivity index (χ3n) is 3.80. The van der Waals surface area contributed by atoms with Crippen LogP contribution < -0.4 is 10.2 Å². The van der Waals surface area contributed by atoms with Crippen LogP contribution in [-0.4, -0.2) is 21.3 Å². The monoisotopic (exact) mass is 312 g/mol. The molecule has 0 unspecified atom stereocenters. The highest BCUT2D eigenvalue weighted by Crippen LogP contribution is 2.24. The second-order valence-corrected chi connectivity index (χ2v) is 5.28. The Hall–Kier alpha value is -2.93. The van der Waals surface area contributed by atoms with Gasteiger partial charge in [-0.15, -0.1) is 5.10 Å². The molecule has 2 heterocycles. The van der Waals surface area contributed by atoms with Gasteiger partial charge in [-0.2, -0.15) is 0 Å². The highest BCUT2D eigenvalue weighted by molar-refractivity contribution is 5.86. The van der Waals surface area contributed by atoms with Crippen LogP contribution in [0, 0.1) is 5.82 Å². The molecule has 0 saturated carbocycles. The molecule has 1 aliphatic heterocycles. The second-order valence-electron chi connectivity index (χ2n) is 5.28. The van der Waals surface area contributed by atoms with Crippen LogP contribution in [0.4, 0.5) is 9.18 Å². The highest BCUT2D eigenvalue weighted by atomic mass is 19.1. The van der Waals surface area contributed by atoms with Crippen molar-refractivity contribution in [3.63, 3.8) is 0 Å². The molecule has 0 radical (unpaired) electrons. The number of H-pyrrole nitrogens is 1. The molecule has 0 saturated heterocycles. The summed E-state index contributed by atoms with van der Waals surface area (Å²) >= 11 is 0. The molecule has 0 atom stereocenters. The Morgan fingerprint density at radius 2 is 2.04 bits per heavy atom. The van der Waals surface area contributed by atoms with E-state index in [2.05, 4.69) is 15.6 Å². The predicted molar refractivity (Wildman–Crippen MR) is 80.9 cm³/mol. The molecular formula is C16H13FN4O2. The first-order chi connectivity index (χ1) is 11.2. The van der Waals surface area contributed by atoms with E-state index in [9.17, 15) is 9.18 Å². The minimum atomic E-state index is -0.558. The van der Waals surface area contributed by atoms with E-state index < -0.39 is 6.09 Å². The third-order valence-corrected chi connectivity index (χ3v) is 3.80. The Balaban J connectivity index is 1.54. The van der Waals surface area contributed by atoms with Crippen molar-refractivity contribution in [3.05, 3.63) is 59.4 Å². The first-order valence-electron chi connectivity index (χ1n) is 7.14. The maximum atomic E-state index is 13.2. The number of benzene rings is 2. The van der Waals surface area contributed by atoms with E-state index in [1.807, 2.05) is 24.3 Å². The van der Waals surface area contributed by atoms with E-state index in [4.69, 9.17) is 4.74 Å². The summed E-state index contributed by atoms with van der Waals surface area (Å²) in [5, 5.41) is 8.52. The van der Waals surface area contributed by atoms with Crippen molar-refractivity contribution in [2.75, 3.05) is 0 Å². The number of fused-ring (bicyclic) bond motifs is 2. The van der Waals surface area contributed by atoms with Gasteiger partial charge in [0.25, 0.3) is 5.88 Å². The van der Waals surface area contributed by atoms with Crippen molar-refractivity contribution in [1.29, 1.82) is 0 Å². The van der Waals surface area contributed by atoms with Crippen LogP contribution >= 0.6 is 0 Å². The van der Waals surface area contributed by atoms with Crippen LogP contribution in [0.5, 0.6) is 5.88 Å². The summed E-state index contributed by atoms with van der Waals surface area (Å²) in [4.78, 5) is 12.3. The predicted octanol–water partition coefficient (Wildman–Crippen LogP) is 2.72. The van der Waals surface area contributed by atoms with Crippen LogP contribution in [0.25, 0.3) is 10.9 Å². The number of nitrogens with zero attached hydrogens (tertiary/aromatic N) is 2. The Labute approximate surface area is 130 Å². The van der Waals surface area contributed by atoms with Crippen LogP contribution in [0.15, 0.2) is 42.5 Å². The molecule has 7 heteroatoms. The van der Waals surface area contributed by atoms with E-state index in [0.29, 0.717) is 24.0 Å². The lowest BCUT2D eigenvalue weighted by Crippen LogP contribution is -2.46. The molecule has 0 fully saturated rings. The molecule has 116 valence electrons. The van der Waals surface area contributed by atoms with Crippen molar-refractivity contribution in [2.24, 2.45) is 0 Å². The van der Waals surface area contributed by atoms with Crippen molar-refractivity contribution < 1.29 is 13.9 Å². The SMILES string of the molecule is O=C(Oc1n[nH]c2cc(F)ccc12)N1Cc2ccccc2CN1. The zero-order valence-electron chi connectivity index (χ0n) is 12.0. The van der Waals surface area contributed by atoms with Crippen LogP contribution in [0.3, 0.4) is 0 Å². The van der Waals surface area contributed by atoms with Crippen LogP contribution in [0.2, 0.25) is 0 Å². The summed E-state index contributed by atoms with van der Waals surface area (Å²) in [6.07, 6.45) is -0.558. The quantitative estimate of drug-likeness (QED) is 0.725. The van der Waals surface area contributed by atoms with Crippen molar-refractivity contribution in [3.8, 4) is 5.88 Å². The fourth-order valence-electron chi connectivity index (χ4n) is 2.60. The number of amides is 1. The molecule has 0 spiro atoms. The number of ether oxygens (including phenoxy) is 1. The first kappa shape index (κ1) is 13.7. The number of carbonyl (C=O) groups excluding carboxylic acids is 1. The average molecular weight is 312 g/mol. The summed E-state index contributed by atoms with van der Waals surface area (Å²) < 4.78 is 18.5. The molecule has 0 bridgehead atoms. The summed E-state index contributed by atoms with van der Waals surface area (Å²) in [5.41, 5.74) is 5.70. The largest absolute Gasteiger partial charge is 0.431 e. The third kappa shape index (κ3) is 2.51. The average Bonchev–Trinajstić information content (AvgIpc) is 2.96. The molecule has 23 heavy (non-hydrogen) atoms. The van der Waals surface area contributed by atoms with Gasteiger partial charge in [0.05, 0.1) is 17.4 Å². The number of carbonyl (C=O) groups is 1. The van der Waals surface area contributed by atoms with Gasteiger partial charge < -0.3 is 4.74 Å². The molecule has 1 amide bonds. The van der Waals surface area contributed by atoms with Crippen molar-refractivity contribution in [1.82, 2.24) is 20.6 Å². The van der Waals surface area contributed by atoms with Crippen molar-refractivity contribution in [2.45, 2.75) is 13.1 Å². The zero-order chi connectivity index (χ0) is 15.8. The van der Waals surface area contributed by atoms with Crippen LogP contribution in [-0.2, 0) is 13.1 Å². The smallest absolute Gasteiger partial charge is 0.388 e. The number of hydrogen-bond acceptors (Lipinski definition) is 4. The molecule has 0 aliphatic carbocycles. The summed E-state index contributed by atoms with van der Waals surface area (Å²) in [6, 6.07) is 12.0. The molecule has 1 aromatic heterocycles. The number of rotatable bonds is 1. The highest BCUT2D eigenvalue weighted by Gasteiger charge is 2.23. The molecule has 1 aliphatic rings. The first-order valence-corrected chi connectivity index (χ1v) is 7.14. The Bertz CT molecular complexity index is 893. The Kier molecular flexibility index (Phi) is 3.20. The van der Waals surface area contributed by atoms with Crippen molar-refractivity contribution >= 4 is 17.0 Å². The van der Waals surface area contributed by atoms with Gasteiger partial charge in [-0.25, -0.2) is 19.6 Å². The van der Waals surface area contributed by atoms with E-state index in [-0.39, 0.29) is 11.7 Å². The maximum absolute atomic E-state index is 13.2. The minimum absolute atomic E-state index is 0.130. The van der Waals surface area contributed by atoms with Gasteiger partial charge in [0, 0.05) is 6.54 Å². The minimum Gasteiger partial charge on any atom is -0.388 e. The lowest BCUT2D eigenvalue weighted by Gasteiger charge is -2.28. The summed E-state index contributed by atoms with van der Waals surface area (Å²) in [7, 11) is 0. The number of nitrogens with one attached hydrogen (secondary N) is 2. The van der Waals surface area contributed by atoms with Gasteiger partial charge in [0.1, 0.15) is 5.82 Å². The number of aromatic amines is 1. The Morgan fingerprint density at radius 3 is 2.91 bits per heavy atom. The second kappa shape index (κ2) is 5.36. The fourth-order valence-corrected chi connectivity index (χ4v) is 2.60. The Morgan fingerprint density at radius 1 is 1.22 bits per heavy atom. The summed E-state index contributed by atoms with van der Waals surface area (Å²) in [6.45, 7) is 0.962. The summed E-state index contributed by atoms with van der Waals surface area (Å²) in [5.74, 6) is -0.251. The normalized spacial score (nSPS) is 13.9. The van der Waals surface area contributed by atoms with Gasteiger partial charge in [0.15, 0.2) is 0 Å². The van der Waals surface area contributed by atoms with Gasteiger partial charge in [-0.05, 0) is 29.3 Å². The van der Waals surface area contributed by atoms with E-state index in [1.54, 1.807) is 0 Å². The topological polar surface area (TPSA) is 70.2 Å². The lowest BCUT2D eigenvalue weighted by molar-refractivity contribution is 0.114. The number of aromatic nitrogens is 2. The molecule has 2 aromatic carbocycles. The van der Waals surface area contributed by atoms with E-state index in [1.165, 1.54) is 23.2 Å². The standard InChI is InChI=1S/C16H13FN4O2/c17-12-5-6-13-14(7-12)19-20-15(13)23-16(22)21-9-11-4-2-1-3-10(11)8-18-21/h1-7,18H,8-9H2,(H,19,20). The van der Waals surface area contributed by atoms with Crippen LogP contribution in [0.1, 0.15) is 11.1 Å².